The molecule has 0 saturated carbocycles. The number of benzene rings is 1. The zero-order valence-corrected chi connectivity index (χ0v) is 14.6. The van der Waals surface area contributed by atoms with Crippen LogP contribution in [0.4, 0.5) is 0 Å². The first-order chi connectivity index (χ1) is 12.2. The number of amides is 1. The summed E-state index contributed by atoms with van der Waals surface area (Å²) in [6.07, 6.45) is 10.8. The lowest BCUT2D eigenvalue weighted by Crippen LogP contribution is -2.29. The highest BCUT2D eigenvalue weighted by Gasteiger charge is 2.07. The number of methoxy groups -OCH3 is 1. The minimum Gasteiger partial charge on any atom is -0.496 e. The van der Waals surface area contributed by atoms with Crippen molar-refractivity contribution in [2.24, 2.45) is 0 Å². The molecule has 0 heterocycles. The van der Waals surface area contributed by atoms with Crippen LogP contribution in [-0.4, -0.2) is 32.1 Å². The molecular weight excluding hydrogens is 318 g/mol. The molecule has 2 rings (SSSR count). The maximum absolute atomic E-state index is 11.7. The van der Waals surface area contributed by atoms with E-state index in [4.69, 9.17) is 9.47 Å². The Morgan fingerprint density at radius 1 is 1.24 bits per heavy atom. The summed E-state index contributed by atoms with van der Waals surface area (Å²) in [5, 5.41) is 2.78. The van der Waals surface area contributed by atoms with Gasteiger partial charge in [-0.2, -0.15) is 0 Å². The molecule has 0 aromatic heterocycles. The van der Waals surface area contributed by atoms with Crippen molar-refractivity contribution >= 4 is 18.0 Å². The van der Waals surface area contributed by atoms with Crippen LogP contribution >= 0.6 is 0 Å². The van der Waals surface area contributed by atoms with E-state index in [1.165, 1.54) is 24.5 Å². The fourth-order valence-corrected chi connectivity index (χ4v) is 2.69. The zero-order valence-electron chi connectivity index (χ0n) is 14.6. The maximum Gasteiger partial charge on any atom is 0.331 e. The number of allylic oxidation sites excluding steroid dienone is 1. The highest BCUT2D eigenvalue weighted by Crippen LogP contribution is 2.19. The van der Waals surface area contributed by atoms with Gasteiger partial charge in [0.15, 0.2) is 6.61 Å². The van der Waals surface area contributed by atoms with Crippen LogP contribution in [0.5, 0.6) is 5.75 Å². The Kier molecular flexibility index (Phi) is 7.76. The molecule has 1 aromatic rings. The van der Waals surface area contributed by atoms with Crippen LogP contribution in [0.2, 0.25) is 0 Å². The number of nitrogens with one attached hydrogen (secondary N) is 1. The molecule has 0 atom stereocenters. The predicted molar refractivity (Wildman–Crippen MR) is 97.2 cm³/mol. The predicted octanol–water partition coefficient (Wildman–Crippen LogP) is 3.26. The second-order valence-corrected chi connectivity index (χ2v) is 5.89. The maximum atomic E-state index is 11.7. The normalized spacial score (nSPS) is 14.0. The number of carbonyl (C=O) groups excluding carboxylic acids is 2. The van der Waals surface area contributed by atoms with Crippen LogP contribution in [0.15, 0.2) is 42.0 Å². The van der Waals surface area contributed by atoms with Crippen LogP contribution in [0.25, 0.3) is 6.08 Å². The second-order valence-electron chi connectivity index (χ2n) is 5.89. The van der Waals surface area contributed by atoms with Gasteiger partial charge in [-0.3, -0.25) is 4.79 Å². The fraction of sp³-hybridized carbons (Fsp3) is 0.400. The lowest BCUT2D eigenvalue weighted by atomic mass is 9.97. The van der Waals surface area contributed by atoms with Crippen LogP contribution < -0.4 is 10.1 Å². The van der Waals surface area contributed by atoms with E-state index in [9.17, 15) is 9.59 Å². The molecule has 25 heavy (non-hydrogen) atoms. The molecule has 1 aliphatic rings. The summed E-state index contributed by atoms with van der Waals surface area (Å²) in [7, 11) is 1.57. The Morgan fingerprint density at radius 3 is 2.84 bits per heavy atom. The van der Waals surface area contributed by atoms with Gasteiger partial charge in [-0.1, -0.05) is 29.8 Å². The third-order valence-corrected chi connectivity index (χ3v) is 4.04. The molecule has 0 saturated heterocycles. The number of hydrogen-bond donors (Lipinski definition) is 1. The summed E-state index contributed by atoms with van der Waals surface area (Å²) in [4.78, 5) is 23.4. The summed E-state index contributed by atoms with van der Waals surface area (Å²) in [5.74, 6) is -0.173. The van der Waals surface area contributed by atoms with Gasteiger partial charge < -0.3 is 14.8 Å². The first-order valence-electron chi connectivity index (χ1n) is 8.61. The van der Waals surface area contributed by atoms with Crippen LogP contribution in [0.3, 0.4) is 0 Å². The Bertz CT molecular complexity index is 649. The number of rotatable bonds is 8. The van der Waals surface area contributed by atoms with Crippen molar-refractivity contribution in [3.05, 3.63) is 47.6 Å². The Labute approximate surface area is 148 Å². The Morgan fingerprint density at radius 2 is 2.08 bits per heavy atom. The van der Waals surface area contributed by atoms with Crippen molar-refractivity contribution in [2.45, 2.75) is 32.1 Å². The lowest BCUT2D eigenvalue weighted by molar-refractivity contribution is -0.143. The van der Waals surface area contributed by atoms with Crippen molar-refractivity contribution in [1.29, 1.82) is 0 Å². The molecule has 5 heteroatoms. The highest BCUT2D eigenvalue weighted by atomic mass is 16.5. The van der Waals surface area contributed by atoms with Gasteiger partial charge in [0, 0.05) is 18.2 Å². The summed E-state index contributed by atoms with van der Waals surface area (Å²) in [5.41, 5.74) is 2.18. The molecular formula is C20H25NO4. The van der Waals surface area contributed by atoms with E-state index in [0.717, 1.165) is 24.8 Å². The third-order valence-electron chi connectivity index (χ3n) is 4.04. The molecule has 0 radical (unpaired) electrons. The molecule has 0 spiro atoms. The van der Waals surface area contributed by atoms with Crippen molar-refractivity contribution in [2.75, 3.05) is 20.3 Å². The molecule has 134 valence electrons. The van der Waals surface area contributed by atoms with Gasteiger partial charge in [-0.05, 0) is 44.2 Å². The Balaban J connectivity index is 1.67. The average Bonchev–Trinajstić information content (AvgIpc) is 2.65. The van der Waals surface area contributed by atoms with E-state index in [-0.39, 0.29) is 12.5 Å². The van der Waals surface area contributed by atoms with Gasteiger partial charge in [0.1, 0.15) is 5.75 Å². The Hall–Kier alpha value is -2.56. The number of hydrogen-bond acceptors (Lipinski definition) is 4. The molecule has 1 aromatic carbocycles. The lowest BCUT2D eigenvalue weighted by Gasteiger charge is -2.12. The molecule has 0 aliphatic heterocycles. The molecule has 0 fully saturated rings. The second kappa shape index (κ2) is 10.3. The van der Waals surface area contributed by atoms with Gasteiger partial charge in [0.05, 0.1) is 7.11 Å². The summed E-state index contributed by atoms with van der Waals surface area (Å²) in [6, 6.07) is 7.33. The molecule has 5 nitrogen and oxygen atoms in total. The molecule has 0 unspecified atom stereocenters. The van der Waals surface area contributed by atoms with Crippen molar-refractivity contribution < 1.29 is 19.1 Å². The topological polar surface area (TPSA) is 64.6 Å². The zero-order chi connectivity index (χ0) is 17.9. The summed E-state index contributed by atoms with van der Waals surface area (Å²) < 4.78 is 10.1. The van der Waals surface area contributed by atoms with Crippen molar-refractivity contribution in [1.82, 2.24) is 5.32 Å². The molecule has 1 amide bonds. The minimum atomic E-state index is -0.559. The fourth-order valence-electron chi connectivity index (χ4n) is 2.69. The highest BCUT2D eigenvalue weighted by molar-refractivity contribution is 5.89. The number of esters is 1. The largest absolute Gasteiger partial charge is 0.496 e. The quantitative estimate of drug-likeness (QED) is 0.447. The first kappa shape index (κ1) is 18.8. The third kappa shape index (κ3) is 6.83. The van der Waals surface area contributed by atoms with Gasteiger partial charge in [0.25, 0.3) is 5.91 Å². The first-order valence-corrected chi connectivity index (χ1v) is 8.61. The van der Waals surface area contributed by atoms with E-state index in [2.05, 4.69) is 11.4 Å². The van der Waals surface area contributed by atoms with E-state index < -0.39 is 5.97 Å². The molecule has 0 bridgehead atoms. The molecule has 1 N–H and O–H groups in total. The monoisotopic (exact) mass is 343 g/mol. The average molecular weight is 343 g/mol. The van der Waals surface area contributed by atoms with Crippen molar-refractivity contribution in [3.63, 3.8) is 0 Å². The standard InChI is InChI=1S/C20H25NO4/c1-24-18-10-6-5-9-17(18)11-12-20(23)25-15-19(22)21-14-13-16-7-3-2-4-8-16/h5-7,9-12H,2-4,8,13-15H2,1H3,(H,21,22)/b12-11+. The van der Waals surface area contributed by atoms with E-state index >= 15 is 0 Å². The van der Waals surface area contributed by atoms with Gasteiger partial charge >= 0.3 is 5.97 Å². The van der Waals surface area contributed by atoms with E-state index in [1.807, 2.05) is 18.2 Å². The smallest absolute Gasteiger partial charge is 0.331 e. The van der Waals surface area contributed by atoms with Gasteiger partial charge in [-0.15, -0.1) is 0 Å². The van der Waals surface area contributed by atoms with Crippen LogP contribution in [0, 0.1) is 0 Å². The van der Waals surface area contributed by atoms with E-state index in [0.29, 0.717) is 12.3 Å². The number of ether oxygens (including phenoxy) is 2. The van der Waals surface area contributed by atoms with Gasteiger partial charge in [-0.25, -0.2) is 4.79 Å². The molecule has 1 aliphatic carbocycles. The SMILES string of the molecule is COc1ccccc1/C=C/C(=O)OCC(=O)NCCC1=CCCCC1. The van der Waals surface area contributed by atoms with E-state index in [1.54, 1.807) is 19.3 Å². The van der Waals surface area contributed by atoms with Gasteiger partial charge in [0.2, 0.25) is 0 Å². The summed E-state index contributed by atoms with van der Waals surface area (Å²) in [6.45, 7) is 0.313. The minimum absolute atomic E-state index is 0.270. The van der Waals surface area contributed by atoms with Crippen LogP contribution in [-0.2, 0) is 14.3 Å². The summed E-state index contributed by atoms with van der Waals surface area (Å²) >= 11 is 0. The van der Waals surface area contributed by atoms with Crippen LogP contribution in [0.1, 0.15) is 37.7 Å². The number of carbonyl (C=O) groups is 2. The number of para-hydroxylation sites is 1. The van der Waals surface area contributed by atoms with Crippen molar-refractivity contribution in [3.8, 4) is 5.75 Å².